The van der Waals surface area contributed by atoms with Crippen molar-refractivity contribution in [2.45, 2.75) is 51.9 Å². The van der Waals surface area contributed by atoms with Gasteiger partial charge in [0.1, 0.15) is 5.82 Å². The average molecular weight is 504 g/mol. The summed E-state index contributed by atoms with van der Waals surface area (Å²) in [6.07, 6.45) is 1.53. The highest BCUT2D eigenvalue weighted by molar-refractivity contribution is 6.74. The number of benzene rings is 1. The molecule has 1 atom stereocenters. The molecule has 1 N–H and O–H groups in total. The van der Waals surface area contributed by atoms with E-state index in [1.54, 1.807) is 29.9 Å². The molecular formula is C25H34FN3O5Si. The van der Waals surface area contributed by atoms with Crippen molar-refractivity contribution in [1.29, 1.82) is 0 Å². The molecule has 3 rings (SSSR count). The van der Waals surface area contributed by atoms with Crippen molar-refractivity contribution >= 4 is 25.2 Å². The van der Waals surface area contributed by atoms with E-state index >= 15 is 0 Å². The maximum absolute atomic E-state index is 14.2. The molecule has 0 bridgehead atoms. The first-order valence-electron chi connectivity index (χ1n) is 11.5. The number of halogens is 1. The lowest BCUT2D eigenvalue weighted by molar-refractivity contribution is -0.138. The third-order valence-corrected chi connectivity index (χ3v) is 11.5. The Hall–Kier alpha value is -2.98. The van der Waals surface area contributed by atoms with Gasteiger partial charge < -0.3 is 14.1 Å². The molecule has 0 aliphatic heterocycles. The van der Waals surface area contributed by atoms with E-state index in [4.69, 9.17) is 4.43 Å². The van der Waals surface area contributed by atoms with Crippen LogP contribution in [0.25, 0.3) is 22.2 Å². The van der Waals surface area contributed by atoms with Crippen LogP contribution in [0, 0.1) is 11.7 Å². The van der Waals surface area contributed by atoms with E-state index in [9.17, 15) is 23.9 Å². The second-order valence-electron chi connectivity index (χ2n) is 10.6. The van der Waals surface area contributed by atoms with Gasteiger partial charge in [0.25, 0.3) is 5.56 Å². The van der Waals surface area contributed by atoms with Crippen LogP contribution in [-0.2, 0) is 29.9 Å². The number of fused-ring (bicyclic) bond motifs is 1. The molecule has 3 aromatic rings. The number of carbonyl (C=O) groups is 1. The molecule has 2 heterocycles. The Kier molecular flexibility index (Phi) is 7.28. The lowest BCUT2D eigenvalue weighted by Gasteiger charge is -2.37. The van der Waals surface area contributed by atoms with Crippen LogP contribution in [0.3, 0.4) is 0 Å². The summed E-state index contributed by atoms with van der Waals surface area (Å²) in [5.41, 5.74) is 0.340. The first-order valence-corrected chi connectivity index (χ1v) is 14.5. The molecule has 0 fully saturated rings. The van der Waals surface area contributed by atoms with Gasteiger partial charge in [0.15, 0.2) is 8.32 Å². The van der Waals surface area contributed by atoms with Crippen molar-refractivity contribution in [1.82, 2.24) is 13.7 Å². The Morgan fingerprint density at radius 1 is 1.17 bits per heavy atom. The van der Waals surface area contributed by atoms with E-state index in [2.05, 4.69) is 33.9 Å². The number of nitrogens with zero attached hydrogens (tertiary/aromatic N) is 3. The van der Waals surface area contributed by atoms with Crippen molar-refractivity contribution < 1.29 is 18.7 Å². The fourth-order valence-corrected chi connectivity index (χ4v) is 5.01. The Morgan fingerprint density at radius 3 is 2.40 bits per heavy atom. The van der Waals surface area contributed by atoms with E-state index < -0.39 is 37.3 Å². The number of aryl methyl sites for hydroxylation is 1. The number of hydrogen-bond acceptors (Lipinski definition) is 4. The summed E-state index contributed by atoms with van der Waals surface area (Å²) in [6.45, 7) is 11.0. The second-order valence-corrected chi connectivity index (χ2v) is 15.5. The molecule has 0 spiro atoms. The quantitative estimate of drug-likeness (QED) is 0.470. The van der Waals surface area contributed by atoms with Gasteiger partial charge in [-0.15, -0.1) is 0 Å². The molecule has 0 aliphatic carbocycles. The molecule has 35 heavy (non-hydrogen) atoms. The van der Waals surface area contributed by atoms with E-state index in [1.807, 2.05) is 0 Å². The second kappa shape index (κ2) is 9.58. The summed E-state index contributed by atoms with van der Waals surface area (Å²) in [7, 11) is 0.832. The van der Waals surface area contributed by atoms with Gasteiger partial charge in [-0.05, 0) is 30.3 Å². The van der Waals surface area contributed by atoms with Gasteiger partial charge in [0.05, 0.1) is 23.0 Å². The van der Waals surface area contributed by atoms with Crippen LogP contribution in [0.15, 0.2) is 40.1 Å². The number of hydrogen-bond donors (Lipinski definition) is 1. The molecule has 1 aromatic carbocycles. The van der Waals surface area contributed by atoms with E-state index in [0.29, 0.717) is 16.8 Å². The minimum atomic E-state index is -2.14. The maximum Gasteiger partial charge on any atom is 0.330 e. The van der Waals surface area contributed by atoms with E-state index in [0.717, 1.165) is 4.57 Å². The lowest BCUT2D eigenvalue weighted by Crippen LogP contribution is -2.42. The molecule has 10 heteroatoms. The summed E-state index contributed by atoms with van der Waals surface area (Å²) in [4.78, 5) is 37.4. The smallest absolute Gasteiger partial charge is 0.330 e. The van der Waals surface area contributed by atoms with Gasteiger partial charge in [-0.1, -0.05) is 32.9 Å². The fraction of sp³-hybridized carbons (Fsp3) is 0.480. The van der Waals surface area contributed by atoms with E-state index in [-0.39, 0.29) is 30.0 Å². The summed E-state index contributed by atoms with van der Waals surface area (Å²) < 4.78 is 24.6. The SMILES string of the molecule is Cn1c(=O)c2c(-c3cccc(F)c3)n(CC(CO[Si](C)(C)C(C)(C)C)CC(=O)O)cc2n(C)c1=O. The average Bonchev–Trinajstić information content (AvgIpc) is 3.12. The van der Waals surface area contributed by atoms with Crippen molar-refractivity contribution in [2.75, 3.05) is 6.61 Å². The molecule has 0 saturated heterocycles. The number of carboxylic acids is 1. The first kappa shape index (κ1) is 26.6. The Bertz CT molecular complexity index is 1380. The van der Waals surface area contributed by atoms with Crippen molar-refractivity contribution in [3.05, 3.63) is 57.1 Å². The van der Waals surface area contributed by atoms with Crippen LogP contribution in [0.2, 0.25) is 18.1 Å². The normalized spacial score (nSPS) is 13.4. The predicted octanol–water partition coefficient (Wildman–Crippen LogP) is 3.96. The van der Waals surface area contributed by atoms with Crippen LogP contribution >= 0.6 is 0 Å². The summed E-state index contributed by atoms with van der Waals surface area (Å²) >= 11 is 0. The molecule has 0 saturated carbocycles. The minimum Gasteiger partial charge on any atom is -0.481 e. The van der Waals surface area contributed by atoms with Gasteiger partial charge in [-0.25, -0.2) is 9.18 Å². The van der Waals surface area contributed by atoms with Gasteiger partial charge >= 0.3 is 11.7 Å². The maximum atomic E-state index is 14.2. The highest BCUT2D eigenvalue weighted by atomic mass is 28.4. The van der Waals surface area contributed by atoms with Crippen LogP contribution in [0.1, 0.15) is 27.2 Å². The fourth-order valence-electron chi connectivity index (χ4n) is 3.92. The van der Waals surface area contributed by atoms with Gasteiger partial charge in [0, 0.05) is 44.9 Å². The first-order chi connectivity index (χ1) is 16.1. The zero-order valence-electron chi connectivity index (χ0n) is 21.4. The molecule has 0 aliphatic rings. The largest absolute Gasteiger partial charge is 0.481 e. The van der Waals surface area contributed by atoms with Crippen molar-refractivity contribution in [3.8, 4) is 11.3 Å². The standard InChI is InChI=1S/C25H34FN3O5Si/c1-25(2,3)35(6,7)34-15-16(11-20(30)31)13-29-14-19-21(23(32)28(5)24(33)27(19)4)22(29)17-9-8-10-18(26)12-17/h8-10,12,14,16H,11,13,15H2,1-7H3,(H,30,31). The Labute approximate surface area is 204 Å². The molecule has 0 amide bonds. The molecule has 1 unspecified atom stereocenters. The number of aromatic nitrogens is 3. The van der Waals surface area contributed by atoms with E-state index in [1.165, 1.54) is 23.7 Å². The van der Waals surface area contributed by atoms with Crippen molar-refractivity contribution in [2.24, 2.45) is 20.0 Å². The van der Waals surface area contributed by atoms with Crippen LogP contribution in [0.4, 0.5) is 4.39 Å². The molecule has 0 radical (unpaired) electrons. The topological polar surface area (TPSA) is 95.5 Å². The highest BCUT2D eigenvalue weighted by Gasteiger charge is 2.38. The zero-order valence-corrected chi connectivity index (χ0v) is 22.4. The van der Waals surface area contributed by atoms with Crippen LogP contribution < -0.4 is 11.2 Å². The van der Waals surface area contributed by atoms with Crippen LogP contribution in [0.5, 0.6) is 0 Å². The summed E-state index contributed by atoms with van der Waals surface area (Å²) in [5, 5.41) is 9.81. The Balaban J connectivity index is 2.17. The minimum absolute atomic E-state index is 0.0415. The molecule has 8 nitrogen and oxygen atoms in total. The van der Waals surface area contributed by atoms with Crippen molar-refractivity contribution in [3.63, 3.8) is 0 Å². The number of aliphatic carboxylic acids is 1. The number of rotatable bonds is 8. The summed E-state index contributed by atoms with van der Waals surface area (Å²) in [6, 6.07) is 5.88. The monoisotopic (exact) mass is 503 g/mol. The third kappa shape index (κ3) is 5.33. The zero-order chi connectivity index (χ0) is 26.3. The molecule has 2 aromatic heterocycles. The predicted molar refractivity (Wildman–Crippen MR) is 137 cm³/mol. The van der Waals surface area contributed by atoms with Gasteiger partial charge in [-0.2, -0.15) is 0 Å². The lowest BCUT2D eigenvalue weighted by atomic mass is 10.1. The highest BCUT2D eigenvalue weighted by Crippen LogP contribution is 2.37. The summed E-state index contributed by atoms with van der Waals surface area (Å²) in [5.74, 6) is -1.83. The Morgan fingerprint density at radius 2 is 1.83 bits per heavy atom. The third-order valence-electron chi connectivity index (χ3n) is 7.01. The van der Waals surface area contributed by atoms with Gasteiger partial charge in [-0.3, -0.25) is 18.7 Å². The van der Waals surface area contributed by atoms with Gasteiger partial charge in [0.2, 0.25) is 0 Å². The number of carboxylic acid groups (broad SMARTS) is 1. The molecular weight excluding hydrogens is 469 g/mol. The van der Waals surface area contributed by atoms with Crippen LogP contribution in [-0.4, -0.2) is 39.7 Å². The molecule has 190 valence electrons.